The Morgan fingerprint density at radius 1 is 0.957 bits per heavy atom. The number of pyridine rings is 1. The molecule has 0 spiro atoms. The summed E-state index contributed by atoms with van der Waals surface area (Å²) in [4.78, 5) is 8.82. The zero-order valence-electron chi connectivity index (χ0n) is 13.1. The van der Waals surface area contributed by atoms with E-state index in [9.17, 15) is 0 Å². The molecule has 3 aromatic rings. The summed E-state index contributed by atoms with van der Waals surface area (Å²) in [5, 5.41) is 2.91. The van der Waals surface area contributed by atoms with Crippen LogP contribution in [-0.4, -0.2) is 31.3 Å². The minimum Gasteiger partial charge on any atom is -0.497 e. The fourth-order valence-corrected chi connectivity index (χ4v) is 3.01. The van der Waals surface area contributed by atoms with Crippen LogP contribution in [0.1, 0.15) is 0 Å². The first kappa shape index (κ1) is 15.3. The molecule has 0 N–H and O–H groups in total. The van der Waals surface area contributed by atoms with Gasteiger partial charge < -0.3 is 14.2 Å². The van der Waals surface area contributed by atoms with Crippen LogP contribution < -0.4 is 14.2 Å². The minimum absolute atomic E-state index is 0.571. The number of hydrogen-bond donors (Lipinski definition) is 0. The average molecular weight is 328 g/mol. The van der Waals surface area contributed by atoms with E-state index in [1.54, 1.807) is 38.9 Å². The van der Waals surface area contributed by atoms with Gasteiger partial charge in [0.15, 0.2) is 0 Å². The molecule has 0 saturated heterocycles. The Morgan fingerprint density at radius 2 is 1.83 bits per heavy atom. The van der Waals surface area contributed by atoms with Gasteiger partial charge in [-0.1, -0.05) is 0 Å². The molecule has 0 aliphatic heterocycles. The fraction of sp³-hybridized carbons (Fsp3) is 0.176. The molecule has 6 heteroatoms. The number of hydrogen-bond acceptors (Lipinski definition) is 6. The van der Waals surface area contributed by atoms with Gasteiger partial charge in [-0.25, -0.2) is 9.97 Å². The van der Waals surface area contributed by atoms with E-state index in [0.717, 1.165) is 33.3 Å². The van der Waals surface area contributed by atoms with Gasteiger partial charge in [-0.05, 0) is 18.2 Å². The molecule has 23 heavy (non-hydrogen) atoms. The Balaban J connectivity index is 1.98. The predicted octanol–water partition coefficient (Wildman–Crippen LogP) is 3.90. The summed E-state index contributed by atoms with van der Waals surface area (Å²) in [5.41, 5.74) is 2.76. The molecule has 0 atom stereocenters. The zero-order chi connectivity index (χ0) is 16.2. The van der Waals surface area contributed by atoms with E-state index in [1.807, 2.05) is 35.7 Å². The van der Waals surface area contributed by atoms with Crippen molar-refractivity contribution in [3.05, 3.63) is 41.9 Å². The normalized spacial score (nSPS) is 10.4. The van der Waals surface area contributed by atoms with Crippen LogP contribution in [-0.2, 0) is 0 Å². The summed E-state index contributed by atoms with van der Waals surface area (Å²) in [5.74, 6) is 2.05. The van der Waals surface area contributed by atoms with Crippen molar-refractivity contribution in [3.8, 4) is 39.2 Å². The topological polar surface area (TPSA) is 53.5 Å². The molecule has 2 heterocycles. The van der Waals surface area contributed by atoms with Crippen molar-refractivity contribution in [2.45, 2.75) is 0 Å². The summed E-state index contributed by atoms with van der Waals surface area (Å²) in [6.45, 7) is 0. The van der Waals surface area contributed by atoms with Gasteiger partial charge in [-0.3, -0.25) is 0 Å². The number of ether oxygens (including phenoxy) is 3. The molecule has 0 saturated carbocycles. The van der Waals surface area contributed by atoms with E-state index in [-0.39, 0.29) is 0 Å². The first-order valence-electron chi connectivity index (χ1n) is 6.93. The molecule has 0 unspecified atom stereocenters. The van der Waals surface area contributed by atoms with Crippen molar-refractivity contribution in [1.82, 2.24) is 9.97 Å². The van der Waals surface area contributed by atoms with E-state index in [0.29, 0.717) is 5.88 Å². The summed E-state index contributed by atoms with van der Waals surface area (Å²) in [6.07, 6.45) is 1.71. The molecular formula is C17H16N2O3S. The van der Waals surface area contributed by atoms with Crippen molar-refractivity contribution in [3.63, 3.8) is 0 Å². The number of nitrogens with zero attached hydrogens (tertiary/aromatic N) is 2. The van der Waals surface area contributed by atoms with Crippen LogP contribution in [0.5, 0.6) is 17.4 Å². The van der Waals surface area contributed by atoms with Crippen molar-refractivity contribution < 1.29 is 14.2 Å². The lowest BCUT2D eigenvalue weighted by Gasteiger charge is -2.08. The first-order valence-corrected chi connectivity index (χ1v) is 7.81. The SMILES string of the molecule is COc1ccc(-c2csc(-c3ccnc(OC)c3)n2)c(OC)c1. The Morgan fingerprint density at radius 3 is 2.57 bits per heavy atom. The molecule has 3 rings (SSSR count). The van der Waals surface area contributed by atoms with Crippen LogP contribution in [0.15, 0.2) is 41.9 Å². The van der Waals surface area contributed by atoms with Crippen LogP contribution in [0, 0.1) is 0 Å². The molecular weight excluding hydrogens is 312 g/mol. The summed E-state index contributed by atoms with van der Waals surface area (Å²) in [6, 6.07) is 9.48. The van der Waals surface area contributed by atoms with Gasteiger partial charge in [-0.2, -0.15) is 0 Å². The number of rotatable bonds is 5. The second-order valence-electron chi connectivity index (χ2n) is 4.69. The highest BCUT2D eigenvalue weighted by atomic mass is 32.1. The Labute approximate surface area is 138 Å². The molecule has 5 nitrogen and oxygen atoms in total. The highest BCUT2D eigenvalue weighted by molar-refractivity contribution is 7.13. The summed E-state index contributed by atoms with van der Waals surface area (Å²) in [7, 11) is 4.87. The third kappa shape index (κ3) is 3.12. The molecule has 1 aromatic carbocycles. The molecule has 0 amide bonds. The third-order valence-electron chi connectivity index (χ3n) is 3.38. The highest BCUT2D eigenvalue weighted by Crippen LogP contribution is 2.36. The first-order chi connectivity index (χ1) is 11.2. The molecule has 0 fully saturated rings. The number of thiazole rings is 1. The summed E-state index contributed by atoms with van der Waals surface area (Å²) >= 11 is 1.56. The van der Waals surface area contributed by atoms with E-state index in [1.165, 1.54) is 0 Å². The molecule has 0 radical (unpaired) electrons. The van der Waals surface area contributed by atoms with Gasteiger partial charge >= 0.3 is 0 Å². The van der Waals surface area contributed by atoms with E-state index < -0.39 is 0 Å². The van der Waals surface area contributed by atoms with Crippen molar-refractivity contribution >= 4 is 11.3 Å². The van der Waals surface area contributed by atoms with Crippen molar-refractivity contribution in [2.24, 2.45) is 0 Å². The largest absolute Gasteiger partial charge is 0.497 e. The van der Waals surface area contributed by atoms with Gasteiger partial charge in [0.25, 0.3) is 0 Å². The van der Waals surface area contributed by atoms with Gasteiger partial charge in [0, 0.05) is 34.8 Å². The maximum Gasteiger partial charge on any atom is 0.213 e. The second-order valence-corrected chi connectivity index (χ2v) is 5.55. The molecule has 118 valence electrons. The summed E-state index contributed by atoms with van der Waals surface area (Å²) < 4.78 is 15.8. The number of aromatic nitrogens is 2. The smallest absolute Gasteiger partial charge is 0.213 e. The van der Waals surface area contributed by atoms with Crippen LogP contribution in [0.3, 0.4) is 0 Å². The predicted molar refractivity (Wildman–Crippen MR) is 90.4 cm³/mol. The second kappa shape index (κ2) is 6.66. The van der Waals surface area contributed by atoms with E-state index in [4.69, 9.17) is 19.2 Å². The minimum atomic E-state index is 0.571. The number of methoxy groups -OCH3 is 3. The standard InChI is InChI=1S/C17H16N2O3S/c1-20-12-4-5-13(15(9-12)21-2)14-10-23-17(19-14)11-6-7-18-16(8-11)22-3/h4-10H,1-3H3. The van der Waals surface area contributed by atoms with Crippen molar-refractivity contribution in [1.29, 1.82) is 0 Å². The van der Waals surface area contributed by atoms with Crippen LogP contribution in [0.4, 0.5) is 0 Å². The average Bonchev–Trinajstić information content (AvgIpc) is 3.11. The van der Waals surface area contributed by atoms with Gasteiger partial charge in [0.2, 0.25) is 5.88 Å². The lowest BCUT2D eigenvalue weighted by atomic mass is 10.1. The monoisotopic (exact) mass is 328 g/mol. The fourth-order valence-electron chi connectivity index (χ4n) is 2.19. The lowest BCUT2D eigenvalue weighted by molar-refractivity contribution is 0.395. The van der Waals surface area contributed by atoms with E-state index in [2.05, 4.69) is 4.98 Å². The van der Waals surface area contributed by atoms with Crippen LogP contribution >= 0.6 is 11.3 Å². The quantitative estimate of drug-likeness (QED) is 0.711. The van der Waals surface area contributed by atoms with Gasteiger partial charge in [0.05, 0.1) is 27.0 Å². The Bertz CT molecular complexity index is 817. The molecule has 2 aromatic heterocycles. The molecule has 0 aliphatic rings. The van der Waals surface area contributed by atoms with Gasteiger partial charge in [0.1, 0.15) is 16.5 Å². The maximum absolute atomic E-state index is 5.45. The highest BCUT2D eigenvalue weighted by Gasteiger charge is 2.12. The Kier molecular flexibility index (Phi) is 4.43. The Hall–Kier alpha value is -2.60. The lowest BCUT2D eigenvalue weighted by Crippen LogP contribution is -1.91. The van der Waals surface area contributed by atoms with Crippen molar-refractivity contribution in [2.75, 3.05) is 21.3 Å². The third-order valence-corrected chi connectivity index (χ3v) is 4.27. The van der Waals surface area contributed by atoms with E-state index >= 15 is 0 Å². The van der Waals surface area contributed by atoms with Crippen LogP contribution in [0.25, 0.3) is 21.8 Å². The molecule has 0 aliphatic carbocycles. The number of benzene rings is 1. The molecule has 0 bridgehead atoms. The van der Waals surface area contributed by atoms with Crippen LogP contribution in [0.2, 0.25) is 0 Å². The van der Waals surface area contributed by atoms with Gasteiger partial charge in [-0.15, -0.1) is 11.3 Å². The zero-order valence-corrected chi connectivity index (χ0v) is 13.9. The maximum atomic E-state index is 5.45.